The van der Waals surface area contributed by atoms with Gasteiger partial charge in [0.1, 0.15) is 17.6 Å². The quantitative estimate of drug-likeness (QED) is 0.928. The van der Waals surface area contributed by atoms with E-state index >= 15 is 0 Å². The molecule has 2 rings (SSSR count). The van der Waals surface area contributed by atoms with Gasteiger partial charge < -0.3 is 9.52 Å². The fourth-order valence-electron chi connectivity index (χ4n) is 1.95. The smallest absolute Gasteiger partial charge is 0.133 e. The van der Waals surface area contributed by atoms with Gasteiger partial charge in [0.05, 0.1) is 16.4 Å². The van der Waals surface area contributed by atoms with Crippen LogP contribution in [0, 0.1) is 6.92 Å². The largest absolute Gasteiger partial charge is 0.463 e. The molecule has 5 heteroatoms. The normalized spacial score (nSPS) is 12.9. The van der Waals surface area contributed by atoms with Crippen molar-refractivity contribution in [1.29, 1.82) is 0 Å². The second kappa shape index (κ2) is 5.16. The number of aliphatic hydroxyl groups excluding tert-OH is 1. The third-order valence-corrected chi connectivity index (χ3v) is 3.50. The Labute approximate surface area is 111 Å². The molecular formula is C13H17ClN2O2. The first-order chi connectivity index (χ1) is 8.52. The van der Waals surface area contributed by atoms with Crippen LogP contribution in [-0.2, 0) is 19.9 Å². The maximum Gasteiger partial charge on any atom is 0.133 e. The standard InChI is InChI=1S/C13H17ClN2O2/c1-4-9-5-6-12(18-9)11(17)7-10-13(14)8(2)15-16(10)3/h5-6,11,17H,4,7H2,1-3H3. The van der Waals surface area contributed by atoms with Crippen LogP contribution in [-0.4, -0.2) is 14.9 Å². The first-order valence-corrected chi connectivity index (χ1v) is 6.35. The maximum atomic E-state index is 10.1. The summed E-state index contributed by atoms with van der Waals surface area (Å²) in [5.74, 6) is 1.44. The topological polar surface area (TPSA) is 51.2 Å². The highest BCUT2D eigenvalue weighted by Gasteiger charge is 2.18. The Balaban J connectivity index is 2.18. The Hall–Kier alpha value is -1.26. The van der Waals surface area contributed by atoms with E-state index in [1.165, 1.54) is 0 Å². The molecule has 0 aromatic carbocycles. The molecule has 18 heavy (non-hydrogen) atoms. The highest BCUT2D eigenvalue weighted by Crippen LogP contribution is 2.26. The summed E-state index contributed by atoms with van der Waals surface area (Å²) in [6, 6.07) is 3.69. The molecule has 0 amide bonds. The van der Waals surface area contributed by atoms with Gasteiger partial charge in [0, 0.05) is 19.9 Å². The SMILES string of the molecule is CCc1ccc(C(O)Cc2c(Cl)c(C)nn2C)o1. The van der Waals surface area contributed by atoms with Crippen molar-refractivity contribution in [3.05, 3.63) is 40.1 Å². The first kappa shape index (κ1) is 13.2. The first-order valence-electron chi connectivity index (χ1n) is 5.97. The van der Waals surface area contributed by atoms with Crippen molar-refractivity contribution in [3.63, 3.8) is 0 Å². The van der Waals surface area contributed by atoms with E-state index in [1.807, 2.05) is 27.0 Å². The molecule has 0 aliphatic rings. The summed E-state index contributed by atoms with van der Waals surface area (Å²) < 4.78 is 7.23. The van der Waals surface area contributed by atoms with E-state index in [9.17, 15) is 5.11 Å². The summed E-state index contributed by atoms with van der Waals surface area (Å²) in [7, 11) is 1.82. The lowest BCUT2D eigenvalue weighted by atomic mass is 10.1. The molecule has 2 aromatic heterocycles. The highest BCUT2D eigenvalue weighted by atomic mass is 35.5. The minimum Gasteiger partial charge on any atom is -0.463 e. The molecule has 0 saturated heterocycles. The number of aromatic nitrogens is 2. The van der Waals surface area contributed by atoms with Crippen LogP contribution in [0.25, 0.3) is 0 Å². The van der Waals surface area contributed by atoms with Crippen LogP contribution in [0.5, 0.6) is 0 Å². The Bertz CT molecular complexity index is 545. The number of rotatable bonds is 4. The van der Waals surface area contributed by atoms with Gasteiger partial charge in [-0.2, -0.15) is 5.10 Å². The van der Waals surface area contributed by atoms with Gasteiger partial charge in [0.25, 0.3) is 0 Å². The number of hydrogen-bond acceptors (Lipinski definition) is 3. The predicted octanol–water partition coefficient (Wildman–Crippen LogP) is 2.81. The maximum absolute atomic E-state index is 10.1. The van der Waals surface area contributed by atoms with Gasteiger partial charge in [-0.25, -0.2) is 0 Å². The van der Waals surface area contributed by atoms with Crippen LogP contribution in [0.15, 0.2) is 16.5 Å². The van der Waals surface area contributed by atoms with E-state index in [-0.39, 0.29) is 0 Å². The van der Waals surface area contributed by atoms with E-state index in [4.69, 9.17) is 16.0 Å². The summed E-state index contributed by atoms with van der Waals surface area (Å²) in [6.45, 7) is 3.86. The van der Waals surface area contributed by atoms with Gasteiger partial charge in [0.15, 0.2) is 0 Å². The molecule has 2 heterocycles. The Kier molecular flexibility index (Phi) is 3.78. The van der Waals surface area contributed by atoms with Crippen molar-refractivity contribution in [1.82, 2.24) is 9.78 Å². The van der Waals surface area contributed by atoms with Crippen LogP contribution in [0.2, 0.25) is 5.02 Å². The summed E-state index contributed by atoms with van der Waals surface area (Å²) in [6.07, 6.45) is 0.517. The molecule has 0 aliphatic heterocycles. The lowest BCUT2D eigenvalue weighted by Crippen LogP contribution is -2.06. The van der Waals surface area contributed by atoms with Crippen LogP contribution in [0.3, 0.4) is 0 Å². The van der Waals surface area contributed by atoms with Gasteiger partial charge in [-0.1, -0.05) is 18.5 Å². The van der Waals surface area contributed by atoms with Crippen molar-refractivity contribution in [2.45, 2.75) is 32.8 Å². The molecule has 4 nitrogen and oxygen atoms in total. The Morgan fingerprint density at radius 2 is 2.22 bits per heavy atom. The number of aliphatic hydroxyl groups is 1. The van der Waals surface area contributed by atoms with Crippen molar-refractivity contribution < 1.29 is 9.52 Å². The van der Waals surface area contributed by atoms with Crippen LogP contribution in [0.1, 0.15) is 35.9 Å². The van der Waals surface area contributed by atoms with Crippen molar-refractivity contribution in [2.24, 2.45) is 7.05 Å². The minimum atomic E-state index is -0.697. The van der Waals surface area contributed by atoms with Crippen molar-refractivity contribution >= 4 is 11.6 Å². The zero-order valence-electron chi connectivity index (χ0n) is 10.8. The number of furan rings is 1. The molecule has 1 atom stereocenters. The molecule has 98 valence electrons. The molecular weight excluding hydrogens is 252 g/mol. The average molecular weight is 269 g/mol. The van der Waals surface area contributed by atoms with Crippen LogP contribution < -0.4 is 0 Å². The monoisotopic (exact) mass is 268 g/mol. The Morgan fingerprint density at radius 1 is 1.50 bits per heavy atom. The number of nitrogens with zero attached hydrogens (tertiary/aromatic N) is 2. The zero-order valence-corrected chi connectivity index (χ0v) is 11.5. The fourth-order valence-corrected chi connectivity index (χ4v) is 2.19. The van der Waals surface area contributed by atoms with Gasteiger partial charge >= 0.3 is 0 Å². The second-order valence-electron chi connectivity index (χ2n) is 4.35. The molecule has 1 N–H and O–H groups in total. The lowest BCUT2D eigenvalue weighted by Gasteiger charge is -2.08. The van der Waals surface area contributed by atoms with E-state index in [0.29, 0.717) is 17.2 Å². The second-order valence-corrected chi connectivity index (χ2v) is 4.73. The molecule has 0 radical (unpaired) electrons. The molecule has 0 saturated carbocycles. The predicted molar refractivity (Wildman–Crippen MR) is 69.7 cm³/mol. The summed E-state index contributed by atoms with van der Waals surface area (Å²) in [5.41, 5.74) is 1.59. The van der Waals surface area contributed by atoms with Gasteiger partial charge in [0.2, 0.25) is 0 Å². The zero-order chi connectivity index (χ0) is 13.3. The van der Waals surface area contributed by atoms with E-state index < -0.39 is 6.10 Å². The lowest BCUT2D eigenvalue weighted by molar-refractivity contribution is 0.146. The Morgan fingerprint density at radius 3 is 2.72 bits per heavy atom. The molecule has 0 bridgehead atoms. The number of halogens is 1. The van der Waals surface area contributed by atoms with Gasteiger partial charge in [-0.05, 0) is 19.1 Å². The van der Waals surface area contributed by atoms with E-state index in [1.54, 1.807) is 10.7 Å². The van der Waals surface area contributed by atoms with Crippen molar-refractivity contribution in [3.8, 4) is 0 Å². The molecule has 1 unspecified atom stereocenters. The molecule has 2 aromatic rings. The highest BCUT2D eigenvalue weighted by molar-refractivity contribution is 6.31. The van der Waals surface area contributed by atoms with Crippen molar-refractivity contribution in [2.75, 3.05) is 0 Å². The average Bonchev–Trinajstić information content (AvgIpc) is 2.90. The number of hydrogen-bond donors (Lipinski definition) is 1. The summed E-state index contributed by atoms with van der Waals surface area (Å²) in [4.78, 5) is 0. The molecule has 0 fully saturated rings. The van der Waals surface area contributed by atoms with Gasteiger partial charge in [-0.15, -0.1) is 0 Å². The van der Waals surface area contributed by atoms with Crippen LogP contribution in [0.4, 0.5) is 0 Å². The summed E-state index contributed by atoms with van der Waals surface area (Å²) >= 11 is 6.15. The fraction of sp³-hybridized carbons (Fsp3) is 0.462. The van der Waals surface area contributed by atoms with Gasteiger partial charge in [-0.3, -0.25) is 4.68 Å². The number of aryl methyl sites for hydroxylation is 3. The molecule has 0 aliphatic carbocycles. The van der Waals surface area contributed by atoms with Crippen LogP contribution >= 0.6 is 11.6 Å². The molecule has 0 spiro atoms. The van der Waals surface area contributed by atoms with E-state index in [0.717, 1.165) is 23.6 Å². The minimum absolute atomic E-state index is 0.396. The van der Waals surface area contributed by atoms with E-state index in [2.05, 4.69) is 5.10 Å². The third-order valence-electron chi connectivity index (χ3n) is 3.01. The third kappa shape index (κ3) is 2.44. The summed E-state index contributed by atoms with van der Waals surface area (Å²) in [5, 5.41) is 15.0.